The second-order valence-corrected chi connectivity index (χ2v) is 11.9. The van der Waals surface area contributed by atoms with E-state index in [-0.39, 0.29) is 35.2 Å². The van der Waals surface area contributed by atoms with Gasteiger partial charge in [0.1, 0.15) is 18.1 Å². The highest BCUT2D eigenvalue weighted by atomic mass is 32.2. The molecule has 220 valence electrons. The SMILES string of the molecule is COc1ccccc1[C@H](CN1C(=O)N(C(C)(C)C(=O)O)S(=O)(=O)c2c1nc(-c1ncco1)n2C)OC1CCOCC1. The summed E-state index contributed by atoms with van der Waals surface area (Å²) in [5.41, 5.74) is -1.52. The van der Waals surface area contributed by atoms with Gasteiger partial charge < -0.3 is 28.3 Å². The van der Waals surface area contributed by atoms with Crippen molar-refractivity contribution in [2.75, 3.05) is 31.8 Å². The number of para-hydroxylation sites is 1. The van der Waals surface area contributed by atoms with Gasteiger partial charge in [-0.15, -0.1) is 0 Å². The van der Waals surface area contributed by atoms with Crippen LogP contribution in [0.5, 0.6) is 5.75 Å². The molecule has 0 unspecified atom stereocenters. The molecular weight excluding hydrogens is 558 g/mol. The molecule has 1 atom stereocenters. The molecule has 15 heteroatoms. The minimum Gasteiger partial charge on any atom is -0.496 e. The number of oxazole rings is 1. The summed E-state index contributed by atoms with van der Waals surface area (Å²) in [5.74, 6) is -1.14. The number of aliphatic carboxylic acids is 1. The molecule has 0 bridgehead atoms. The van der Waals surface area contributed by atoms with E-state index in [1.165, 1.54) is 31.2 Å². The number of ether oxygens (including phenoxy) is 3. The van der Waals surface area contributed by atoms with Gasteiger partial charge in [0.2, 0.25) is 5.03 Å². The lowest BCUT2D eigenvalue weighted by molar-refractivity contribution is -0.145. The predicted molar refractivity (Wildman–Crippen MR) is 143 cm³/mol. The van der Waals surface area contributed by atoms with Crippen LogP contribution in [0.15, 0.2) is 46.2 Å². The molecule has 3 aromatic rings. The number of amides is 2. The number of hydrogen-bond donors (Lipinski definition) is 1. The molecule has 0 radical (unpaired) electrons. The Bertz CT molecular complexity index is 1540. The Hall–Kier alpha value is -3.95. The van der Waals surface area contributed by atoms with Crippen molar-refractivity contribution in [3.8, 4) is 17.5 Å². The Morgan fingerprint density at radius 3 is 2.59 bits per heavy atom. The van der Waals surface area contributed by atoms with Crippen molar-refractivity contribution in [2.24, 2.45) is 7.05 Å². The number of carboxylic acids is 1. The highest BCUT2D eigenvalue weighted by molar-refractivity contribution is 7.90. The number of anilines is 1. The Labute approximate surface area is 236 Å². The van der Waals surface area contributed by atoms with E-state index in [2.05, 4.69) is 9.97 Å². The van der Waals surface area contributed by atoms with E-state index in [4.69, 9.17) is 18.6 Å². The number of imidazole rings is 1. The van der Waals surface area contributed by atoms with Crippen LogP contribution >= 0.6 is 0 Å². The molecule has 1 aromatic carbocycles. The Kier molecular flexibility index (Phi) is 7.52. The molecule has 0 spiro atoms. The normalized spacial score (nSPS) is 18.3. The fourth-order valence-electron chi connectivity index (χ4n) is 5.00. The minimum absolute atomic E-state index is 0.0216. The third-order valence-electron chi connectivity index (χ3n) is 7.18. The van der Waals surface area contributed by atoms with Crippen LogP contribution in [0.2, 0.25) is 0 Å². The lowest BCUT2D eigenvalue weighted by Crippen LogP contribution is -2.62. The highest BCUT2D eigenvalue weighted by Crippen LogP contribution is 2.42. The number of sulfonamides is 1. The van der Waals surface area contributed by atoms with Crippen LogP contribution in [-0.4, -0.2) is 82.9 Å². The number of rotatable bonds is 9. The Balaban J connectivity index is 1.68. The lowest BCUT2D eigenvalue weighted by Gasteiger charge is -2.41. The number of fused-ring (bicyclic) bond motifs is 1. The van der Waals surface area contributed by atoms with Crippen molar-refractivity contribution in [2.45, 2.75) is 49.5 Å². The number of hydrogen-bond acceptors (Lipinski definition) is 10. The number of urea groups is 1. The van der Waals surface area contributed by atoms with Gasteiger partial charge in [0.25, 0.3) is 15.9 Å². The van der Waals surface area contributed by atoms with Crippen molar-refractivity contribution < 1.29 is 41.7 Å². The van der Waals surface area contributed by atoms with Crippen LogP contribution in [0.4, 0.5) is 10.6 Å². The van der Waals surface area contributed by atoms with Crippen LogP contribution in [0.1, 0.15) is 38.4 Å². The fourth-order valence-corrected chi connectivity index (χ4v) is 6.97. The minimum atomic E-state index is -4.70. The number of methoxy groups -OCH3 is 1. The lowest BCUT2D eigenvalue weighted by atomic mass is 10.1. The van der Waals surface area contributed by atoms with Crippen LogP contribution in [-0.2, 0) is 31.3 Å². The number of carboxylic acid groups (broad SMARTS) is 1. The van der Waals surface area contributed by atoms with Gasteiger partial charge in [0.15, 0.2) is 17.2 Å². The summed E-state index contributed by atoms with van der Waals surface area (Å²) >= 11 is 0. The van der Waals surface area contributed by atoms with Crippen molar-refractivity contribution >= 4 is 27.8 Å². The first-order valence-corrected chi connectivity index (χ1v) is 14.4. The highest BCUT2D eigenvalue weighted by Gasteiger charge is 2.55. The third-order valence-corrected chi connectivity index (χ3v) is 9.22. The van der Waals surface area contributed by atoms with Gasteiger partial charge in [-0.2, -0.15) is 12.7 Å². The van der Waals surface area contributed by atoms with Gasteiger partial charge in [-0.05, 0) is 32.8 Å². The first-order valence-electron chi connectivity index (χ1n) is 12.9. The van der Waals surface area contributed by atoms with E-state index in [1.807, 2.05) is 0 Å². The number of nitrogens with zero attached hydrogens (tertiary/aromatic N) is 5. The summed E-state index contributed by atoms with van der Waals surface area (Å²) in [4.78, 5) is 36.0. The molecule has 41 heavy (non-hydrogen) atoms. The van der Waals surface area contributed by atoms with E-state index in [0.29, 0.717) is 41.7 Å². The second kappa shape index (κ2) is 10.8. The fraction of sp³-hybridized carbons (Fsp3) is 0.462. The molecule has 0 aliphatic carbocycles. The molecule has 2 aliphatic heterocycles. The average Bonchev–Trinajstić information content (AvgIpc) is 3.59. The Morgan fingerprint density at radius 2 is 1.95 bits per heavy atom. The zero-order chi connectivity index (χ0) is 29.5. The molecule has 14 nitrogen and oxygen atoms in total. The van der Waals surface area contributed by atoms with Gasteiger partial charge in [-0.1, -0.05) is 18.2 Å². The second-order valence-electron chi connectivity index (χ2n) is 10.2. The van der Waals surface area contributed by atoms with Crippen molar-refractivity contribution in [3.63, 3.8) is 0 Å². The standard InChI is InChI=1S/C26H31N5O9S/c1-26(2,24(32)33)31-25(34)30(21-23(41(31,35)36)29(3)20(28-21)22-27-11-14-39-22)15-19(40-16-9-12-38-13-10-16)17-7-5-6-8-18(17)37-4/h5-8,11,14,16,19H,9-10,12-13,15H2,1-4H3,(H,32,33)/t19-/m0/s1. The van der Waals surface area contributed by atoms with E-state index < -0.39 is 33.7 Å². The molecule has 1 saturated heterocycles. The molecule has 2 amide bonds. The van der Waals surface area contributed by atoms with E-state index in [9.17, 15) is 23.1 Å². The summed E-state index contributed by atoms with van der Waals surface area (Å²) in [7, 11) is -1.76. The summed E-state index contributed by atoms with van der Waals surface area (Å²) < 4.78 is 52.4. The van der Waals surface area contributed by atoms with Crippen LogP contribution in [0, 0.1) is 0 Å². The number of aromatic nitrogens is 3. The van der Waals surface area contributed by atoms with Gasteiger partial charge in [0, 0.05) is 25.8 Å². The first-order chi connectivity index (χ1) is 19.5. The maximum atomic E-state index is 14.1. The van der Waals surface area contributed by atoms with Crippen LogP contribution in [0.25, 0.3) is 11.7 Å². The molecular formula is C26H31N5O9S. The van der Waals surface area contributed by atoms with Crippen LogP contribution in [0.3, 0.4) is 0 Å². The summed E-state index contributed by atoms with van der Waals surface area (Å²) in [6.45, 7) is 3.11. The predicted octanol–water partition coefficient (Wildman–Crippen LogP) is 2.81. The molecule has 4 heterocycles. The third kappa shape index (κ3) is 4.93. The summed E-state index contributed by atoms with van der Waals surface area (Å²) in [6.07, 6.45) is 2.91. The van der Waals surface area contributed by atoms with Gasteiger partial charge in [-0.25, -0.2) is 19.6 Å². The number of carbonyl (C=O) groups is 2. The smallest absolute Gasteiger partial charge is 0.340 e. The van der Waals surface area contributed by atoms with Crippen molar-refractivity contribution in [1.82, 2.24) is 18.8 Å². The maximum Gasteiger partial charge on any atom is 0.340 e. The van der Waals surface area contributed by atoms with Crippen LogP contribution < -0.4 is 9.64 Å². The van der Waals surface area contributed by atoms with E-state index in [0.717, 1.165) is 18.7 Å². The summed E-state index contributed by atoms with van der Waals surface area (Å²) in [6, 6.07) is 6.06. The van der Waals surface area contributed by atoms with E-state index in [1.54, 1.807) is 24.3 Å². The average molecular weight is 590 g/mol. The molecule has 1 fully saturated rings. The van der Waals surface area contributed by atoms with E-state index >= 15 is 0 Å². The topological polar surface area (TPSA) is 167 Å². The van der Waals surface area contributed by atoms with Gasteiger partial charge in [0.05, 0.1) is 26.0 Å². The molecule has 2 aromatic heterocycles. The monoisotopic (exact) mass is 589 g/mol. The van der Waals surface area contributed by atoms with Gasteiger partial charge >= 0.3 is 12.0 Å². The van der Waals surface area contributed by atoms with Crippen molar-refractivity contribution in [3.05, 3.63) is 42.3 Å². The molecule has 1 N–H and O–H groups in total. The zero-order valence-corrected chi connectivity index (χ0v) is 23.8. The van der Waals surface area contributed by atoms with Gasteiger partial charge in [-0.3, -0.25) is 4.90 Å². The first kappa shape index (κ1) is 28.6. The quantitative estimate of drug-likeness (QED) is 0.390. The maximum absolute atomic E-state index is 14.1. The Morgan fingerprint density at radius 1 is 1.24 bits per heavy atom. The largest absolute Gasteiger partial charge is 0.496 e. The zero-order valence-electron chi connectivity index (χ0n) is 23.0. The summed E-state index contributed by atoms with van der Waals surface area (Å²) in [5, 5.41) is 9.58. The number of carbonyl (C=O) groups excluding carboxylic acids is 1. The van der Waals surface area contributed by atoms with Crippen molar-refractivity contribution in [1.29, 1.82) is 0 Å². The molecule has 5 rings (SSSR count). The number of benzene rings is 1. The molecule has 0 saturated carbocycles. The molecule has 2 aliphatic rings.